The molecule has 0 bridgehead atoms. The first kappa shape index (κ1) is 11.7. The van der Waals surface area contributed by atoms with Crippen molar-refractivity contribution in [2.24, 2.45) is 0 Å². The van der Waals surface area contributed by atoms with Crippen LogP contribution in [-0.4, -0.2) is 11.1 Å². The van der Waals surface area contributed by atoms with E-state index in [9.17, 15) is 4.79 Å². The smallest absolute Gasteiger partial charge is 0.247 e. The van der Waals surface area contributed by atoms with Crippen LogP contribution in [0.15, 0.2) is 23.3 Å². The van der Waals surface area contributed by atoms with Crippen LogP contribution in [0.1, 0.15) is 20.3 Å². The van der Waals surface area contributed by atoms with E-state index < -0.39 is 5.24 Å². The van der Waals surface area contributed by atoms with Crippen molar-refractivity contribution in [1.29, 1.82) is 0 Å². The summed E-state index contributed by atoms with van der Waals surface area (Å²) in [6.45, 7) is 3.66. The summed E-state index contributed by atoms with van der Waals surface area (Å²) < 4.78 is 0. The Morgan fingerprint density at radius 2 is 1.92 bits per heavy atom. The molecular formula is C9H12Cl2O. The number of carbonyl (C=O) groups is 1. The molecule has 0 heterocycles. The molecule has 0 amide bonds. The quantitative estimate of drug-likeness (QED) is 0.299. The molecule has 0 fully saturated rings. The third-order valence-electron chi connectivity index (χ3n) is 1.47. The minimum atomic E-state index is -0.395. The summed E-state index contributed by atoms with van der Waals surface area (Å²) in [6.07, 6.45) is 4.44. The van der Waals surface area contributed by atoms with Crippen LogP contribution in [0, 0.1) is 0 Å². The molecule has 0 unspecified atom stereocenters. The van der Waals surface area contributed by atoms with E-state index in [0.29, 0.717) is 11.5 Å². The molecule has 3 heteroatoms. The number of hydrogen-bond donors (Lipinski definition) is 0. The maximum atomic E-state index is 10.6. The highest BCUT2D eigenvalue weighted by Crippen LogP contribution is 2.06. The Balaban J connectivity index is 4.04. The Morgan fingerprint density at radius 3 is 2.33 bits per heavy atom. The van der Waals surface area contributed by atoms with Gasteiger partial charge in [0.25, 0.3) is 0 Å². The monoisotopic (exact) mass is 206 g/mol. The molecule has 1 nitrogen and oxygen atoms in total. The molecule has 0 saturated carbocycles. The second-order valence-corrected chi connectivity index (χ2v) is 3.22. The minimum absolute atomic E-state index is 0.395. The Morgan fingerprint density at radius 1 is 1.33 bits per heavy atom. The molecule has 68 valence electrons. The van der Waals surface area contributed by atoms with Gasteiger partial charge in [0.05, 0.1) is 0 Å². The molecule has 0 rings (SSSR count). The van der Waals surface area contributed by atoms with Gasteiger partial charge in [-0.1, -0.05) is 17.7 Å². The van der Waals surface area contributed by atoms with Gasteiger partial charge in [-0.3, -0.25) is 4.79 Å². The van der Waals surface area contributed by atoms with Crippen molar-refractivity contribution in [2.75, 3.05) is 5.88 Å². The predicted octanol–water partition coefficient (Wildman–Crippen LogP) is 3.27. The van der Waals surface area contributed by atoms with Crippen LogP contribution in [0.2, 0.25) is 0 Å². The SMILES string of the molecule is CC(=CCCl)CC=C(C)C(=O)Cl. The van der Waals surface area contributed by atoms with Crippen molar-refractivity contribution in [1.82, 2.24) is 0 Å². The molecule has 0 N–H and O–H groups in total. The van der Waals surface area contributed by atoms with Gasteiger partial charge in [-0.05, 0) is 31.9 Å². The highest BCUT2D eigenvalue weighted by atomic mass is 35.5. The van der Waals surface area contributed by atoms with Crippen LogP contribution in [0.5, 0.6) is 0 Å². The topological polar surface area (TPSA) is 17.1 Å². The van der Waals surface area contributed by atoms with Gasteiger partial charge in [0.1, 0.15) is 0 Å². The van der Waals surface area contributed by atoms with Gasteiger partial charge in [0, 0.05) is 11.5 Å². The van der Waals surface area contributed by atoms with Crippen LogP contribution in [0.25, 0.3) is 0 Å². The standard InChI is InChI=1S/C9H12Cl2O/c1-7(5-6-10)3-4-8(2)9(11)12/h4-5H,3,6H2,1-2H3. The summed E-state index contributed by atoms with van der Waals surface area (Å²) in [6, 6.07) is 0. The largest absolute Gasteiger partial charge is 0.276 e. The third-order valence-corrected chi connectivity index (χ3v) is 1.92. The molecule has 0 aliphatic carbocycles. The van der Waals surface area contributed by atoms with Gasteiger partial charge < -0.3 is 0 Å². The molecule has 0 atom stereocenters. The fourth-order valence-corrected chi connectivity index (χ4v) is 0.950. The molecule has 0 aromatic heterocycles. The van der Waals surface area contributed by atoms with Crippen molar-refractivity contribution >= 4 is 28.4 Å². The Hall–Kier alpha value is -0.270. The van der Waals surface area contributed by atoms with Crippen LogP contribution in [0.3, 0.4) is 0 Å². The first-order valence-electron chi connectivity index (χ1n) is 3.66. The molecule has 0 spiro atoms. The van der Waals surface area contributed by atoms with E-state index in [4.69, 9.17) is 23.2 Å². The second-order valence-electron chi connectivity index (χ2n) is 2.57. The van der Waals surface area contributed by atoms with Gasteiger partial charge in [0.2, 0.25) is 5.24 Å². The Bertz CT molecular complexity index is 217. The summed E-state index contributed by atoms with van der Waals surface area (Å²) >= 11 is 10.7. The minimum Gasteiger partial charge on any atom is -0.276 e. The van der Waals surface area contributed by atoms with Crippen molar-refractivity contribution in [3.05, 3.63) is 23.3 Å². The van der Waals surface area contributed by atoms with Crippen molar-refractivity contribution in [3.8, 4) is 0 Å². The Labute approximate surface area is 83.0 Å². The predicted molar refractivity (Wildman–Crippen MR) is 53.7 cm³/mol. The van der Waals surface area contributed by atoms with E-state index in [0.717, 1.165) is 12.0 Å². The lowest BCUT2D eigenvalue weighted by atomic mass is 10.1. The molecule has 12 heavy (non-hydrogen) atoms. The summed E-state index contributed by atoms with van der Waals surface area (Å²) in [5.41, 5.74) is 1.72. The zero-order chi connectivity index (χ0) is 9.56. The van der Waals surface area contributed by atoms with Crippen molar-refractivity contribution < 1.29 is 4.79 Å². The van der Waals surface area contributed by atoms with E-state index in [1.165, 1.54) is 0 Å². The number of alkyl halides is 1. The average Bonchev–Trinajstić information content (AvgIpc) is 2.00. The fourth-order valence-electron chi connectivity index (χ4n) is 0.609. The number of carbonyl (C=O) groups excluding carboxylic acids is 1. The van der Waals surface area contributed by atoms with Gasteiger partial charge in [-0.25, -0.2) is 0 Å². The first-order valence-corrected chi connectivity index (χ1v) is 4.57. The van der Waals surface area contributed by atoms with Crippen molar-refractivity contribution in [3.63, 3.8) is 0 Å². The lowest BCUT2D eigenvalue weighted by Gasteiger charge is -1.95. The molecule has 0 radical (unpaired) electrons. The molecule has 0 aliphatic rings. The third kappa shape index (κ3) is 5.39. The molecule has 0 saturated heterocycles. The Kier molecular flexibility index (Phi) is 6.13. The van der Waals surface area contributed by atoms with E-state index in [1.807, 2.05) is 13.0 Å². The molecule has 0 aliphatic heterocycles. The van der Waals surface area contributed by atoms with Gasteiger partial charge in [-0.2, -0.15) is 0 Å². The lowest BCUT2D eigenvalue weighted by molar-refractivity contribution is -0.108. The van der Waals surface area contributed by atoms with E-state index >= 15 is 0 Å². The lowest BCUT2D eigenvalue weighted by Crippen LogP contribution is -1.87. The highest BCUT2D eigenvalue weighted by molar-refractivity contribution is 6.67. The highest BCUT2D eigenvalue weighted by Gasteiger charge is 1.97. The average molecular weight is 207 g/mol. The summed E-state index contributed by atoms with van der Waals surface area (Å²) in [5, 5.41) is -0.395. The fraction of sp³-hybridized carbons (Fsp3) is 0.444. The molecular weight excluding hydrogens is 195 g/mol. The van der Waals surface area contributed by atoms with Gasteiger partial charge >= 0.3 is 0 Å². The first-order chi connectivity index (χ1) is 5.57. The zero-order valence-corrected chi connectivity index (χ0v) is 8.74. The molecule has 0 aromatic carbocycles. The molecule has 0 aromatic rings. The number of halogens is 2. The van der Waals surface area contributed by atoms with E-state index in [1.54, 1.807) is 13.0 Å². The number of allylic oxidation sites excluding steroid dienone is 4. The van der Waals surface area contributed by atoms with Crippen molar-refractivity contribution in [2.45, 2.75) is 20.3 Å². The van der Waals surface area contributed by atoms with Crippen LogP contribution >= 0.6 is 23.2 Å². The normalized spacial score (nSPS) is 13.3. The summed E-state index contributed by atoms with van der Waals surface area (Å²) in [5.74, 6) is 0.507. The summed E-state index contributed by atoms with van der Waals surface area (Å²) in [4.78, 5) is 10.6. The van der Waals surface area contributed by atoms with Crippen LogP contribution in [0.4, 0.5) is 0 Å². The summed E-state index contributed by atoms with van der Waals surface area (Å²) in [7, 11) is 0. The van der Waals surface area contributed by atoms with E-state index in [2.05, 4.69) is 0 Å². The van der Waals surface area contributed by atoms with E-state index in [-0.39, 0.29) is 0 Å². The van der Waals surface area contributed by atoms with Crippen LogP contribution in [-0.2, 0) is 4.79 Å². The maximum absolute atomic E-state index is 10.6. The number of hydrogen-bond acceptors (Lipinski definition) is 1. The zero-order valence-electron chi connectivity index (χ0n) is 7.23. The van der Waals surface area contributed by atoms with Gasteiger partial charge in [0.15, 0.2) is 0 Å². The van der Waals surface area contributed by atoms with Gasteiger partial charge in [-0.15, -0.1) is 11.6 Å². The number of rotatable bonds is 4. The van der Waals surface area contributed by atoms with Crippen LogP contribution < -0.4 is 0 Å². The second kappa shape index (κ2) is 6.27. The maximum Gasteiger partial charge on any atom is 0.247 e.